The fraction of sp³-hybridized carbons (Fsp3) is 0.182. The summed E-state index contributed by atoms with van der Waals surface area (Å²) in [6, 6.07) is 6.44. The normalized spacial score (nSPS) is 11.1. The predicted octanol–water partition coefficient (Wildman–Crippen LogP) is 0.737. The molecule has 0 spiro atoms. The number of para-hydroxylation sites is 2. The van der Waals surface area contributed by atoms with Crippen LogP contribution in [0, 0.1) is 6.92 Å². The van der Waals surface area contributed by atoms with Gasteiger partial charge in [-0.2, -0.15) is 0 Å². The molecular formula is C11H13N5O3S. The Labute approximate surface area is 115 Å². The summed E-state index contributed by atoms with van der Waals surface area (Å²) in [6.07, 6.45) is 1.03. The molecule has 8 nitrogen and oxygen atoms in total. The molecule has 1 heterocycles. The van der Waals surface area contributed by atoms with Crippen LogP contribution in [0.5, 0.6) is 0 Å². The van der Waals surface area contributed by atoms with E-state index >= 15 is 0 Å². The van der Waals surface area contributed by atoms with Gasteiger partial charge in [0.2, 0.25) is 15.8 Å². The van der Waals surface area contributed by atoms with Gasteiger partial charge in [0.25, 0.3) is 5.91 Å². The van der Waals surface area contributed by atoms with Gasteiger partial charge in [0.15, 0.2) is 0 Å². The summed E-state index contributed by atoms with van der Waals surface area (Å²) in [6.45, 7) is 1.67. The molecule has 0 aliphatic heterocycles. The monoisotopic (exact) mass is 295 g/mol. The minimum Gasteiger partial charge on any atom is -0.317 e. The van der Waals surface area contributed by atoms with Crippen LogP contribution >= 0.6 is 0 Å². The first-order valence-electron chi connectivity index (χ1n) is 5.62. The molecule has 106 valence electrons. The Morgan fingerprint density at radius 2 is 1.90 bits per heavy atom. The lowest BCUT2D eigenvalue weighted by molar-refractivity contribution is 0.101. The fourth-order valence-corrected chi connectivity index (χ4v) is 2.08. The Kier molecular flexibility index (Phi) is 3.70. The molecular weight excluding hydrogens is 282 g/mol. The van der Waals surface area contributed by atoms with Crippen LogP contribution in [0.1, 0.15) is 16.4 Å². The maximum atomic E-state index is 11.9. The number of aromatic amines is 1. The molecule has 1 aromatic carbocycles. The fourth-order valence-electron chi connectivity index (χ4n) is 1.50. The number of nitrogens with zero attached hydrogens (tertiary/aromatic N) is 2. The maximum absolute atomic E-state index is 11.9. The summed E-state index contributed by atoms with van der Waals surface area (Å²) < 4.78 is 24.8. The SMILES string of the molecule is Cc1nc(C(=O)Nc2ccccc2NS(C)(=O)=O)n[nH]1. The number of aryl methyl sites for hydroxylation is 1. The van der Waals surface area contributed by atoms with Crippen LogP contribution in [-0.2, 0) is 10.0 Å². The average molecular weight is 295 g/mol. The molecule has 0 radical (unpaired) electrons. The van der Waals surface area contributed by atoms with Gasteiger partial charge < -0.3 is 5.32 Å². The summed E-state index contributed by atoms with van der Waals surface area (Å²) >= 11 is 0. The number of benzene rings is 1. The third-order valence-electron chi connectivity index (χ3n) is 2.27. The Bertz CT molecular complexity index is 738. The van der Waals surface area contributed by atoms with E-state index < -0.39 is 15.9 Å². The highest BCUT2D eigenvalue weighted by atomic mass is 32.2. The van der Waals surface area contributed by atoms with Crippen LogP contribution in [0.25, 0.3) is 0 Å². The van der Waals surface area contributed by atoms with Crippen molar-refractivity contribution in [3.8, 4) is 0 Å². The predicted molar refractivity (Wildman–Crippen MR) is 74.0 cm³/mol. The lowest BCUT2D eigenvalue weighted by Crippen LogP contribution is -2.17. The zero-order valence-corrected chi connectivity index (χ0v) is 11.7. The Morgan fingerprint density at radius 3 is 2.45 bits per heavy atom. The van der Waals surface area contributed by atoms with Gasteiger partial charge >= 0.3 is 0 Å². The first-order chi connectivity index (χ1) is 9.35. The third-order valence-corrected chi connectivity index (χ3v) is 2.86. The number of hydrogen-bond acceptors (Lipinski definition) is 5. The summed E-state index contributed by atoms with van der Waals surface area (Å²) in [5, 5.41) is 8.84. The zero-order valence-electron chi connectivity index (χ0n) is 10.8. The Balaban J connectivity index is 2.23. The zero-order chi connectivity index (χ0) is 14.8. The van der Waals surface area contributed by atoms with E-state index in [-0.39, 0.29) is 11.5 Å². The van der Waals surface area contributed by atoms with Crippen molar-refractivity contribution >= 4 is 27.3 Å². The van der Waals surface area contributed by atoms with Gasteiger partial charge in [0.05, 0.1) is 17.6 Å². The van der Waals surface area contributed by atoms with E-state index in [9.17, 15) is 13.2 Å². The third kappa shape index (κ3) is 3.54. The number of sulfonamides is 1. The van der Waals surface area contributed by atoms with E-state index in [0.29, 0.717) is 11.5 Å². The van der Waals surface area contributed by atoms with Crippen molar-refractivity contribution in [2.45, 2.75) is 6.92 Å². The van der Waals surface area contributed by atoms with Crippen molar-refractivity contribution < 1.29 is 13.2 Å². The number of H-pyrrole nitrogens is 1. The van der Waals surface area contributed by atoms with Crippen LogP contribution in [0.15, 0.2) is 24.3 Å². The quantitative estimate of drug-likeness (QED) is 0.769. The highest BCUT2D eigenvalue weighted by Crippen LogP contribution is 2.22. The standard InChI is InChI=1S/C11H13N5O3S/c1-7-12-10(15-14-7)11(17)13-8-5-3-4-6-9(8)16-20(2,18)19/h3-6,16H,1-2H3,(H,13,17)(H,12,14,15). The van der Waals surface area contributed by atoms with Gasteiger partial charge in [-0.3, -0.25) is 14.6 Å². The van der Waals surface area contributed by atoms with Crippen molar-refractivity contribution in [1.82, 2.24) is 15.2 Å². The van der Waals surface area contributed by atoms with Crippen LogP contribution in [-0.4, -0.2) is 35.8 Å². The average Bonchev–Trinajstić information content (AvgIpc) is 2.77. The van der Waals surface area contributed by atoms with Gasteiger partial charge in [0.1, 0.15) is 5.82 Å². The summed E-state index contributed by atoms with van der Waals surface area (Å²) in [7, 11) is -3.43. The van der Waals surface area contributed by atoms with Gasteiger partial charge in [-0.15, -0.1) is 5.10 Å². The van der Waals surface area contributed by atoms with Crippen molar-refractivity contribution in [2.24, 2.45) is 0 Å². The Morgan fingerprint density at radius 1 is 1.25 bits per heavy atom. The second-order valence-corrected chi connectivity index (χ2v) is 5.87. The molecule has 1 amide bonds. The molecule has 0 fully saturated rings. The summed E-state index contributed by atoms with van der Waals surface area (Å²) in [4.78, 5) is 15.8. The van der Waals surface area contributed by atoms with Crippen molar-refractivity contribution in [2.75, 3.05) is 16.3 Å². The van der Waals surface area contributed by atoms with Gasteiger partial charge in [-0.05, 0) is 19.1 Å². The lowest BCUT2D eigenvalue weighted by atomic mass is 10.2. The highest BCUT2D eigenvalue weighted by molar-refractivity contribution is 7.92. The molecule has 0 saturated carbocycles. The number of hydrogen-bond donors (Lipinski definition) is 3. The first-order valence-corrected chi connectivity index (χ1v) is 7.51. The largest absolute Gasteiger partial charge is 0.317 e. The van der Waals surface area contributed by atoms with E-state index in [4.69, 9.17) is 0 Å². The van der Waals surface area contributed by atoms with E-state index in [1.807, 2.05) is 0 Å². The van der Waals surface area contributed by atoms with Gasteiger partial charge in [-0.1, -0.05) is 12.1 Å². The molecule has 2 aromatic rings. The summed E-state index contributed by atoms with van der Waals surface area (Å²) in [5.41, 5.74) is 0.598. The molecule has 0 bridgehead atoms. The number of rotatable bonds is 4. The van der Waals surface area contributed by atoms with Gasteiger partial charge in [0, 0.05) is 0 Å². The van der Waals surface area contributed by atoms with Crippen molar-refractivity contribution in [3.63, 3.8) is 0 Å². The molecule has 2 rings (SSSR count). The van der Waals surface area contributed by atoms with E-state index in [1.54, 1.807) is 31.2 Å². The number of anilines is 2. The minimum absolute atomic E-state index is 0.0170. The number of carbonyl (C=O) groups is 1. The van der Waals surface area contributed by atoms with Crippen LogP contribution in [0.4, 0.5) is 11.4 Å². The molecule has 0 unspecified atom stereocenters. The maximum Gasteiger partial charge on any atom is 0.295 e. The molecule has 9 heteroatoms. The molecule has 0 atom stereocenters. The molecule has 20 heavy (non-hydrogen) atoms. The summed E-state index contributed by atoms with van der Waals surface area (Å²) in [5.74, 6) is -0.0357. The highest BCUT2D eigenvalue weighted by Gasteiger charge is 2.14. The van der Waals surface area contributed by atoms with Crippen molar-refractivity contribution in [3.05, 3.63) is 35.9 Å². The molecule has 1 aromatic heterocycles. The molecule has 0 saturated heterocycles. The Hall–Kier alpha value is -2.42. The van der Waals surface area contributed by atoms with E-state index in [1.165, 1.54) is 0 Å². The second-order valence-electron chi connectivity index (χ2n) is 4.12. The van der Waals surface area contributed by atoms with Crippen LogP contribution in [0.3, 0.4) is 0 Å². The van der Waals surface area contributed by atoms with E-state index in [0.717, 1.165) is 6.26 Å². The number of amides is 1. The second kappa shape index (κ2) is 5.29. The van der Waals surface area contributed by atoms with Crippen molar-refractivity contribution in [1.29, 1.82) is 0 Å². The number of nitrogens with one attached hydrogen (secondary N) is 3. The number of carbonyl (C=O) groups excluding carboxylic acids is 1. The van der Waals surface area contributed by atoms with Crippen LogP contribution in [0.2, 0.25) is 0 Å². The lowest BCUT2D eigenvalue weighted by Gasteiger charge is -2.10. The minimum atomic E-state index is -3.43. The topological polar surface area (TPSA) is 117 Å². The molecule has 0 aliphatic carbocycles. The smallest absolute Gasteiger partial charge is 0.295 e. The van der Waals surface area contributed by atoms with E-state index in [2.05, 4.69) is 25.2 Å². The van der Waals surface area contributed by atoms with Crippen LogP contribution < -0.4 is 10.0 Å². The number of aromatic nitrogens is 3. The molecule has 0 aliphatic rings. The van der Waals surface area contributed by atoms with Gasteiger partial charge in [-0.25, -0.2) is 13.4 Å². The first kappa shape index (κ1) is 14.0. The molecule has 3 N–H and O–H groups in total.